The van der Waals surface area contributed by atoms with Gasteiger partial charge in [-0.1, -0.05) is 0 Å². The normalized spacial score (nSPS) is 20.7. The molecule has 0 N–H and O–H groups in total. The second-order valence-corrected chi connectivity index (χ2v) is 4.39. The number of rotatable bonds is 1. The lowest BCUT2D eigenvalue weighted by atomic mass is 9.89. The number of alkyl halides is 1. The lowest BCUT2D eigenvalue weighted by Crippen LogP contribution is -2.29. The van der Waals surface area contributed by atoms with Crippen LogP contribution in [-0.2, 0) is 10.4 Å². The van der Waals surface area contributed by atoms with E-state index in [0.29, 0.717) is 31.6 Å². The largest absolute Gasteiger partial charge is 0.381 e. The van der Waals surface area contributed by atoms with Crippen LogP contribution in [0, 0.1) is 0 Å². The molecule has 0 radical (unpaired) electrons. The van der Waals surface area contributed by atoms with E-state index in [2.05, 4.69) is 20.9 Å². The lowest BCUT2D eigenvalue weighted by Gasteiger charge is -2.29. The van der Waals surface area contributed by atoms with E-state index in [-0.39, 0.29) is 0 Å². The third-order valence-corrected chi connectivity index (χ3v) is 2.94. The average molecular weight is 260 g/mol. The van der Waals surface area contributed by atoms with Crippen LogP contribution in [0.4, 0.5) is 4.39 Å². The summed E-state index contributed by atoms with van der Waals surface area (Å²) < 4.78 is 20.3. The Labute approximate surface area is 90.6 Å². The third-order valence-electron chi connectivity index (χ3n) is 2.51. The lowest BCUT2D eigenvalue weighted by molar-refractivity contribution is -0.0116. The number of aromatic nitrogens is 1. The van der Waals surface area contributed by atoms with Gasteiger partial charge in [-0.2, -0.15) is 0 Å². The summed E-state index contributed by atoms with van der Waals surface area (Å²) in [5.74, 6) is 0. The van der Waals surface area contributed by atoms with E-state index in [9.17, 15) is 4.39 Å². The second kappa shape index (κ2) is 3.95. The molecule has 76 valence electrons. The summed E-state index contributed by atoms with van der Waals surface area (Å²) >= 11 is 3.29. The number of nitrogens with zero attached hydrogens (tertiary/aromatic N) is 1. The van der Waals surface area contributed by atoms with Crippen molar-refractivity contribution in [2.24, 2.45) is 0 Å². The molecule has 1 aromatic rings. The maximum Gasteiger partial charge on any atom is 0.141 e. The first-order chi connectivity index (χ1) is 6.71. The highest BCUT2D eigenvalue weighted by atomic mass is 79.9. The minimum atomic E-state index is -1.25. The summed E-state index contributed by atoms with van der Waals surface area (Å²) in [7, 11) is 0. The summed E-state index contributed by atoms with van der Waals surface area (Å²) in [5.41, 5.74) is -0.607. The van der Waals surface area contributed by atoms with Crippen molar-refractivity contribution in [3.05, 3.63) is 28.5 Å². The third kappa shape index (κ3) is 1.96. The fourth-order valence-corrected chi connectivity index (χ4v) is 2.01. The van der Waals surface area contributed by atoms with Crippen LogP contribution < -0.4 is 0 Å². The molecule has 0 bridgehead atoms. The molecule has 0 spiro atoms. The fourth-order valence-electron chi connectivity index (χ4n) is 1.64. The zero-order valence-electron chi connectivity index (χ0n) is 7.67. The predicted molar refractivity (Wildman–Crippen MR) is 54.8 cm³/mol. The van der Waals surface area contributed by atoms with Crippen molar-refractivity contribution in [3.8, 4) is 0 Å². The van der Waals surface area contributed by atoms with Gasteiger partial charge in [-0.05, 0) is 22.0 Å². The molecule has 0 aliphatic carbocycles. The Morgan fingerprint density at radius 3 is 2.71 bits per heavy atom. The van der Waals surface area contributed by atoms with Gasteiger partial charge < -0.3 is 4.74 Å². The summed E-state index contributed by atoms with van der Waals surface area (Å²) in [6.45, 7) is 0.978. The average Bonchev–Trinajstić information content (AvgIpc) is 2.19. The van der Waals surface area contributed by atoms with Crippen molar-refractivity contribution >= 4 is 15.9 Å². The molecule has 4 heteroatoms. The van der Waals surface area contributed by atoms with Gasteiger partial charge in [0, 0.05) is 48.5 Å². The first kappa shape index (κ1) is 10.1. The molecule has 2 nitrogen and oxygen atoms in total. The molecule has 0 saturated carbocycles. The van der Waals surface area contributed by atoms with E-state index in [1.165, 1.54) is 0 Å². The summed E-state index contributed by atoms with van der Waals surface area (Å²) in [5, 5.41) is 0. The molecular weight excluding hydrogens is 249 g/mol. The first-order valence-corrected chi connectivity index (χ1v) is 5.38. The highest BCUT2D eigenvalue weighted by Crippen LogP contribution is 2.36. The smallest absolute Gasteiger partial charge is 0.141 e. The molecule has 0 atom stereocenters. The number of pyridine rings is 1. The van der Waals surface area contributed by atoms with Crippen molar-refractivity contribution in [1.82, 2.24) is 4.98 Å². The van der Waals surface area contributed by atoms with Crippen LogP contribution in [-0.4, -0.2) is 18.2 Å². The Hall–Kier alpha value is -0.480. The Bertz CT molecular complexity index is 326. The molecular formula is C10H11BrFNO. The first-order valence-electron chi connectivity index (χ1n) is 4.58. The molecule has 0 aromatic carbocycles. The van der Waals surface area contributed by atoms with Crippen LogP contribution in [0.5, 0.6) is 0 Å². The Morgan fingerprint density at radius 1 is 1.36 bits per heavy atom. The van der Waals surface area contributed by atoms with Crippen LogP contribution in [0.2, 0.25) is 0 Å². The monoisotopic (exact) mass is 259 g/mol. The molecule has 1 aromatic heterocycles. The van der Waals surface area contributed by atoms with E-state index in [1.54, 1.807) is 18.5 Å². The van der Waals surface area contributed by atoms with E-state index < -0.39 is 5.67 Å². The zero-order chi connectivity index (χ0) is 10.0. The highest BCUT2D eigenvalue weighted by Gasteiger charge is 2.34. The van der Waals surface area contributed by atoms with Gasteiger partial charge in [0.05, 0.1) is 0 Å². The minimum Gasteiger partial charge on any atom is -0.381 e. The molecule has 0 unspecified atom stereocenters. The van der Waals surface area contributed by atoms with Gasteiger partial charge in [-0.3, -0.25) is 4.98 Å². The van der Waals surface area contributed by atoms with Crippen molar-refractivity contribution < 1.29 is 9.13 Å². The molecule has 1 aliphatic heterocycles. The number of halogens is 2. The van der Waals surface area contributed by atoms with Gasteiger partial charge in [0.25, 0.3) is 0 Å². The van der Waals surface area contributed by atoms with Gasteiger partial charge in [-0.25, -0.2) is 4.39 Å². The van der Waals surface area contributed by atoms with Gasteiger partial charge in [0.15, 0.2) is 0 Å². The molecule has 1 aliphatic rings. The van der Waals surface area contributed by atoms with Crippen LogP contribution in [0.25, 0.3) is 0 Å². The topological polar surface area (TPSA) is 22.1 Å². The maximum atomic E-state index is 14.3. The SMILES string of the molecule is FC1(c2cncc(Br)c2)CCOCC1. The molecule has 1 saturated heterocycles. The van der Waals surface area contributed by atoms with Crippen LogP contribution in [0.3, 0.4) is 0 Å². The molecule has 1 fully saturated rings. The quantitative estimate of drug-likeness (QED) is 0.774. The Balaban J connectivity index is 2.28. The molecule has 0 amide bonds. The summed E-state index contributed by atoms with van der Waals surface area (Å²) in [6.07, 6.45) is 4.10. The van der Waals surface area contributed by atoms with Gasteiger partial charge >= 0.3 is 0 Å². The van der Waals surface area contributed by atoms with Crippen molar-refractivity contribution in [2.45, 2.75) is 18.5 Å². The summed E-state index contributed by atoms with van der Waals surface area (Å²) in [6, 6.07) is 1.79. The van der Waals surface area contributed by atoms with E-state index in [4.69, 9.17) is 4.74 Å². The minimum absolute atomic E-state index is 0.422. The van der Waals surface area contributed by atoms with Crippen molar-refractivity contribution in [3.63, 3.8) is 0 Å². The van der Waals surface area contributed by atoms with Gasteiger partial charge in [0.2, 0.25) is 0 Å². The zero-order valence-corrected chi connectivity index (χ0v) is 9.26. The van der Waals surface area contributed by atoms with Gasteiger partial charge in [-0.15, -0.1) is 0 Å². The Morgan fingerprint density at radius 2 is 2.07 bits per heavy atom. The van der Waals surface area contributed by atoms with Crippen LogP contribution in [0.1, 0.15) is 18.4 Å². The standard InChI is InChI=1S/C10H11BrFNO/c11-9-5-8(6-13-7-9)10(12)1-3-14-4-2-10/h5-7H,1-4H2. The number of ether oxygens (including phenoxy) is 1. The van der Waals surface area contributed by atoms with Crippen LogP contribution >= 0.6 is 15.9 Å². The fraction of sp³-hybridized carbons (Fsp3) is 0.500. The highest BCUT2D eigenvalue weighted by molar-refractivity contribution is 9.10. The van der Waals surface area contributed by atoms with E-state index >= 15 is 0 Å². The maximum absolute atomic E-state index is 14.3. The molecule has 2 rings (SSSR count). The number of hydrogen-bond donors (Lipinski definition) is 0. The predicted octanol–water partition coefficient (Wildman–Crippen LogP) is 2.82. The van der Waals surface area contributed by atoms with Crippen LogP contribution in [0.15, 0.2) is 22.9 Å². The summed E-state index contributed by atoms with van der Waals surface area (Å²) in [4.78, 5) is 3.98. The molecule has 14 heavy (non-hydrogen) atoms. The second-order valence-electron chi connectivity index (χ2n) is 3.47. The Kier molecular flexibility index (Phi) is 2.83. The number of hydrogen-bond acceptors (Lipinski definition) is 2. The van der Waals surface area contributed by atoms with Crippen molar-refractivity contribution in [1.29, 1.82) is 0 Å². The van der Waals surface area contributed by atoms with E-state index in [0.717, 1.165) is 4.47 Å². The van der Waals surface area contributed by atoms with Crippen molar-refractivity contribution in [2.75, 3.05) is 13.2 Å². The van der Waals surface area contributed by atoms with Gasteiger partial charge in [0.1, 0.15) is 5.67 Å². The molecule has 2 heterocycles. The van der Waals surface area contributed by atoms with E-state index in [1.807, 2.05) is 0 Å².